The molecule has 1 heterocycles. The second-order valence-corrected chi connectivity index (χ2v) is 2.31. The van der Waals surface area contributed by atoms with Gasteiger partial charge in [-0.05, 0) is 0 Å². The summed E-state index contributed by atoms with van der Waals surface area (Å²) in [7, 11) is 0. The lowest BCUT2D eigenvalue weighted by Gasteiger charge is -2.03. The molecule has 0 radical (unpaired) electrons. The van der Waals surface area contributed by atoms with Crippen molar-refractivity contribution in [3.8, 4) is 0 Å². The van der Waals surface area contributed by atoms with E-state index in [0.29, 0.717) is 0 Å². The molecular weight excluding hydrogens is 178 g/mol. The third-order valence-electron chi connectivity index (χ3n) is 1.45. The van der Waals surface area contributed by atoms with Crippen LogP contribution in [0.15, 0.2) is 0 Å². The third kappa shape index (κ3) is 2.00. The topological polar surface area (TPSA) is 55.1 Å². The van der Waals surface area contributed by atoms with Crippen molar-refractivity contribution in [2.75, 3.05) is 6.54 Å². The van der Waals surface area contributed by atoms with Gasteiger partial charge in [0, 0.05) is 19.0 Å². The number of nitrogens with one attached hydrogen (secondary N) is 1. The van der Waals surface area contributed by atoms with Crippen LogP contribution in [0.25, 0.3) is 0 Å². The van der Waals surface area contributed by atoms with Gasteiger partial charge in [0.25, 0.3) is 5.91 Å². The number of carbonyl (C=O) groups excluding carboxylic acids is 1. The fourth-order valence-electron chi connectivity index (χ4n) is 0.886. The minimum absolute atomic E-state index is 0. The molecule has 1 aliphatic rings. The minimum atomic E-state index is -3.20. The van der Waals surface area contributed by atoms with Gasteiger partial charge in [-0.2, -0.15) is 8.78 Å². The molecule has 1 unspecified atom stereocenters. The van der Waals surface area contributed by atoms with E-state index in [2.05, 4.69) is 5.32 Å². The highest BCUT2D eigenvalue weighted by molar-refractivity contribution is 5.86. The van der Waals surface area contributed by atoms with Crippen molar-refractivity contribution in [3.05, 3.63) is 0 Å². The van der Waals surface area contributed by atoms with E-state index < -0.39 is 24.3 Å². The fourth-order valence-corrected chi connectivity index (χ4v) is 0.886. The lowest BCUT2D eigenvalue weighted by molar-refractivity contribution is -0.139. The number of hydrogen-bond acceptors (Lipinski definition) is 2. The second-order valence-electron chi connectivity index (χ2n) is 2.31. The normalized spacial score (nSPS) is 27.5. The maximum atomic E-state index is 12.3. The van der Waals surface area contributed by atoms with Crippen LogP contribution < -0.4 is 11.1 Å². The first-order chi connectivity index (χ1) is 4.56. The summed E-state index contributed by atoms with van der Waals surface area (Å²) in [4.78, 5) is 10.3. The van der Waals surface area contributed by atoms with E-state index in [1.165, 1.54) is 0 Å². The Kier molecular flexibility index (Phi) is 3.19. The van der Waals surface area contributed by atoms with Gasteiger partial charge >= 0.3 is 5.92 Å². The Hall–Kier alpha value is -0.420. The van der Waals surface area contributed by atoms with E-state index in [4.69, 9.17) is 5.73 Å². The molecule has 0 bridgehead atoms. The summed E-state index contributed by atoms with van der Waals surface area (Å²) in [6.45, 7) is 0.0708. The number of carbonyl (C=O) groups is 1. The van der Waals surface area contributed by atoms with E-state index in [1.807, 2.05) is 0 Å². The Morgan fingerprint density at radius 2 is 2.27 bits per heavy atom. The highest BCUT2D eigenvalue weighted by atomic mass is 35.5. The fraction of sp³-hybridized carbons (Fsp3) is 0.800. The summed E-state index contributed by atoms with van der Waals surface area (Å²) >= 11 is 0. The van der Waals surface area contributed by atoms with Crippen LogP contribution in [0.1, 0.15) is 6.42 Å². The Balaban J connectivity index is 0.000001000. The monoisotopic (exact) mass is 186 g/mol. The van der Waals surface area contributed by atoms with Gasteiger partial charge in [0.15, 0.2) is 0 Å². The second kappa shape index (κ2) is 3.32. The van der Waals surface area contributed by atoms with Crippen molar-refractivity contribution in [2.45, 2.75) is 18.4 Å². The first-order valence-electron chi connectivity index (χ1n) is 2.95. The van der Waals surface area contributed by atoms with Crippen LogP contribution in [0.2, 0.25) is 0 Å². The SMILES string of the molecule is Cl.NCC1CC(F)(F)C(=O)N1. The molecule has 0 aromatic carbocycles. The number of rotatable bonds is 1. The van der Waals surface area contributed by atoms with E-state index in [-0.39, 0.29) is 19.0 Å². The van der Waals surface area contributed by atoms with Crippen LogP contribution in [0, 0.1) is 0 Å². The zero-order valence-electron chi connectivity index (χ0n) is 5.64. The minimum Gasteiger partial charge on any atom is -0.347 e. The summed E-state index contributed by atoms with van der Waals surface area (Å²) in [5.74, 6) is -4.41. The van der Waals surface area contributed by atoms with Gasteiger partial charge in [0.05, 0.1) is 0 Å². The molecular formula is C5H9ClF2N2O. The summed E-state index contributed by atoms with van der Waals surface area (Å²) in [5.41, 5.74) is 5.07. The lowest BCUT2D eigenvalue weighted by Crippen LogP contribution is -2.33. The average molecular weight is 187 g/mol. The zero-order valence-corrected chi connectivity index (χ0v) is 6.46. The van der Waals surface area contributed by atoms with Crippen LogP contribution in [0.3, 0.4) is 0 Å². The Morgan fingerprint density at radius 1 is 1.73 bits per heavy atom. The molecule has 66 valence electrons. The van der Waals surface area contributed by atoms with Gasteiger partial charge in [-0.1, -0.05) is 0 Å². The number of amides is 1. The van der Waals surface area contributed by atoms with Crippen LogP contribution in [-0.4, -0.2) is 24.4 Å². The van der Waals surface area contributed by atoms with E-state index in [1.54, 1.807) is 0 Å². The molecule has 3 N–H and O–H groups in total. The van der Waals surface area contributed by atoms with E-state index in [9.17, 15) is 13.6 Å². The first-order valence-corrected chi connectivity index (χ1v) is 2.95. The van der Waals surface area contributed by atoms with Crippen molar-refractivity contribution in [2.24, 2.45) is 5.73 Å². The standard InChI is InChI=1S/C5H8F2N2O.ClH/c6-5(7)1-3(2-8)9-4(5)10;/h3H,1-2,8H2,(H,9,10);1H. The van der Waals surface area contributed by atoms with Crippen LogP contribution in [0.5, 0.6) is 0 Å². The van der Waals surface area contributed by atoms with Gasteiger partial charge in [-0.3, -0.25) is 4.79 Å². The molecule has 1 aliphatic heterocycles. The average Bonchev–Trinajstić information content (AvgIpc) is 2.08. The smallest absolute Gasteiger partial charge is 0.326 e. The molecule has 0 saturated carbocycles. The Morgan fingerprint density at radius 3 is 2.45 bits per heavy atom. The summed E-state index contributed by atoms with van der Waals surface area (Å²) in [6.07, 6.45) is -0.470. The maximum Gasteiger partial charge on any atom is 0.326 e. The number of alkyl halides is 2. The molecule has 0 spiro atoms. The van der Waals surface area contributed by atoms with Crippen molar-refractivity contribution >= 4 is 18.3 Å². The predicted molar refractivity (Wildman–Crippen MR) is 37.8 cm³/mol. The molecule has 3 nitrogen and oxygen atoms in total. The largest absolute Gasteiger partial charge is 0.347 e. The zero-order chi connectivity index (χ0) is 7.78. The molecule has 1 saturated heterocycles. The van der Waals surface area contributed by atoms with Crippen LogP contribution in [-0.2, 0) is 4.79 Å². The van der Waals surface area contributed by atoms with Gasteiger partial charge < -0.3 is 11.1 Å². The highest BCUT2D eigenvalue weighted by Crippen LogP contribution is 2.25. The van der Waals surface area contributed by atoms with E-state index >= 15 is 0 Å². The quantitative estimate of drug-likeness (QED) is 0.601. The number of nitrogens with two attached hydrogens (primary N) is 1. The molecule has 0 aliphatic carbocycles. The van der Waals surface area contributed by atoms with Crippen LogP contribution in [0.4, 0.5) is 8.78 Å². The third-order valence-corrected chi connectivity index (χ3v) is 1.45. The van der Waals surface area contributed by atoms with Gasteiger partial charge in [0.1, 0.15) is 0 Å². The first kappa shape index (κ1) is 10.6. The molecule has 1 fully saturated rings. The lowest BCUT2D eigenvalue weighted by atomic mass is 10.2. The molecule has 6 heteroatoms. The van der Waals surface area contributed by atoms with Crippen molar-refractivity contribution in [1.29, 1.82) is 0 Å². The summed E-state index contributed by atoms with van der Waals surface area (Å²) < 4.78 is 24.6. The predicted octanol–water partition coefficient (Wildman–Crippen LogP) is -0.109. The van der Waals surface area contributed by atoms with Gasteiger partial charge in [-0.25, -0.2) is 0 Å². The Labute approximate surface area is 68.7 Å². The molecule has 1 rings (SSSR count). The molecule has 0 aromatic heterocycles. The number of hydrogen-bond donors (Lipinski definition) is 2. The molecule has 0 aromatic rings. The molecule has 11 heavy (non-hydrogen) atoms. The molecule has 1 atom stereocenters. The van der Waals surface area contributed by atoms with E-state index in [0.717, 1.165) is 0 Å². The van der Waals surface area contributed by atoms with Crippen molar-refractivity contribution < 1.29 is 13.6 Å². The Bertz CT molecular complexity index is 165. The molecule has 1 amide bonds. The van der Waals surface area contributed by atoms with Gasteiger partial charge in [0.2, 0.25) is 0 Å². The van der Waals surface area contributed by atoms with Gasteiger partial charge in [-0.15, -0.1) is 12.4 Å². The number of halogens is 3. The van der Waals surface area contributed by atoms with Crippen molar-refractivity contribution in [3.63, 3.8) is 0 Å². The van der Waals surface area contributed by atoms with Crippen LogP contribution >= 0.6 is 12.4 Å². The summed E-state index contributed by atoms with van der Waals surface area (Å²) in [5, 5.41) is 2.08. The van der Waals surface area contributed by atoms with Crippen molar-refractivity contribution in [1.82, 2.24) is 5.32 Å². The summed E-state index contributed by atoms with van der Waals surface area (Å²) in [6, 6.07) is -0.553. The highest BCUT2D eigenvalue weighted by Gasteiger charge is 2.47. The maximum absolute atomic E-state index is 12.3.